The molecule has 0 fully saturated rings. The summed E-state index contributed by atoms with van der Waals surface area (Å²) in [5.41, 5.74) is 0.570. The summed E-state index contributed by atoms with van der Waals surface area (Å²) in [6, 6.07) is -1.50. The molecule has 0 aromatic rings. The third-order valence-corrected chi connectivity index (χ3v) is 2.54. The summed E-state index contributed by atoms with van der Waals surface area (Å²) < 4.78 is 37.1. The van der Waals surface area contributed by atoms with E-state index < -0.39 is 12.2 Å². The van der Waals surface area contributed by atoms with E-state index in [-0.39, 0.29) is 12.3 Å². The van der Waals surface area contributed by atoms with Crippen molar-refractivity contribution in [2.45, 2.75) is 25.1 Å². The maximum atomic E-state index is 12.4. The number of halogens is 3. The molecule has 2 atom stereocenters. The molecule has 0 aromatic carbocycles. The second-order valence-corrected chi connectivity index (χ2v) is 3.54. The molecule has 0 N–H and O–H groups in total. The summed E-state index contributed by atoms with van der Waals surface area (Å²) >= 11 is 0. The van der Waals surface area contributed by atoms with Gasteiger partial charge < -0.3 is 0 Å². The van der Waals surface area contributed by atoms with Crippen molar-refractivity contribution in [1.82, 2.24) is 0 Å². The molecule has 0 bridgehead atoms. The van der Waals surface area contributed by atoms with E-state index in [1.54, 1.807) is 12.2 Å². The van der Waals surface area contributed by atoms with E-state index >= 15 is 0 Å². The van der Waals surface area contributed by atoms with Crippen LogP contribution in [0.2, 0.25) is 0 Å². The highest BCUT2D eigenvalue weighted by atomic mass is 19.4. The quantitative estimate of drug-likeness (QED) is 0.571. The molecule has 0 saturated carbocycles. The first-order valence-corrected chi connectivity index (χ1v) is 4.56. The Kier molecular flexibility index (Phi) is 2.21. The maximum absolute atomic E-state index is 12.4. The first-order chi connectivity index (χ1) is 6.57. The number of hydrogen-bond acceptors (Lipinski definition) is 1. The summed E-state index contributed by atoms with van der Waals surface area (Å²) in [6.45, 7) is 0. The Hall–Kier alpha value is -1.06. The molecule has 1 aliphatic heterocycles. The lowest BCUT2D eigenvalue weighted by atomic mass is 9.88. The van der Waals surface area contributed by atoms with Crippen LogP contribution in [-0.4, -0.2) is 17.9 Å². The Morgan fingerprint density at radius 1 is 1.21 bits per heavy atom. The van der Waals surface area contributed by atoms with Crippen molar-refractivity contribution in [3.8, 4) is 0 Å². The monoisotopic (exact) mass is 201 g/mol. The third kappa shape index (κ3) is 1.74. The Bertz CT molecular complexity index is 312. The fourth-order valence-corrected chi connectivity index (χ4v) is 1.78. The third-order valence-electron chi connectivity index (χ3n) is 2.54. The minimum absolute atomic E-state index is 0.0959. The van der Waals surface area contributed by atoms with E-state index in [9.17, 15) is 13.2 Å². The number of nitrogens with zero attached hydrogens (tertiary/aromatic N) is 1. The SMILES string of the molecule is FC(F)(F)C1CCC2C=CC=CC2=N1. The molecular weight excluding hydrogens is 191 g/mol. The van der Waals surface area contributed by atoms with Gasteiger partial charge >= 0.3 is 6.18 Å². The summed E-state index contributed by atoms with van der Waals surface area (Å²) in [5, 5.41) is 0. The molecule has 1 nitrogen and oxygen atoms in total. The number of allylic oxidation sites excluding steroid dienone is 4. The minimum atomic E-state index is -4.19. The van der Waals surface area contributed by atoms with Gasteiger partial charge in [0.2, 0.25) is 0 Å². The number of rotatable bonds is 0. The second-order valence-electron chi connectivity index (χ2n) is 3.54. The molecule has 0 spiro atoms. The van der Waals surface area contributed by atoms with Crippen LogP contribution in [0, 0.1) is 5.92 Å². The zero-order chi connectivity index (χ0) is 10.2. The lowest BCUT2D eigenvalue weighted by molar-refractivity contribution is -0.149. The van der Waals surface area contributed by atoms with Crippen molar-refractivity contribution in [3.63, 3.8) is 0 Å². The molecule has 2 rings (SSSR count). The average molecular weight is 201 g/mol. The standard InChI is InChI=1S/C10H10F3N/c11-10(12,13)9-6-5-7-3-1-2-4-8(7)14-9/h1-4,7,9H,5-6H2. The topological polar surface area (TPSA) is 12.4 Å². The van der Waals surface area contributed by atoms with Crippen molar-refractivity contribution in [2.24, 2.45) is 10.9 Å². The molecule has 0 radical (unpaired) electrons. The van der Waals surface area contributed by atoms with Crippen LogP contribution in [0.3, 0.4) is 0 Å². The van der Waals surface area contributed by atoms with Crippen molar-refractivity contribution in [1.29, 1.82) is 0 Å². The summed E-state index contributed by atoms with van der Waals surface area (Å²) in [4.78, 5) is 3.73. The minimum Gasteiger partial charge on any atom is -0.276 e. The van der Waals surface area contributed by atoms with Crippen LogP contribution in [0.15, 0.2) is 29.3 Å². The molecular formula is C10H10F3N. The number of hydrogen-bond donors (Lipinski definition) is 0. The molecule has 14 heavy (non-hydrogen) atoms. The molecule has 2 aliphatic rings. The fraction of sp³-hybridized carbons (Fsp3) is 0.500. The molecule has 76 valence electrons. The van der Waals surface area contributed by atoms with Crippen molar-refractivity contribution in [2.75, 3.05) is 0 Å². The molecule has 1 aliphatic carbocycles. The van der Waals surface area contributed by atoms with E-state index in [2.05, 4.69) is 4.99 Å². The summed E-state index contributed by atoms with van der Waals surface area (Å²) in [5.74, 6) is 0.0959. The summed E-state index contributed by atoms with van der Waals surface area (Å²) in [7, 11) is 0. The largest absolute Gasteiger partial charge is 0.410 e. The predicted octanol–water partition coefficient (Wildman–Crippen LogP) is 2.89. The first-order valence-electron chi connectivity index (χ1n) is 4.56. The zero-order valence-corrected chi connectivity index (χ0v) is 7.46. The maximum Gasteiger partial charge on any atom is 0.410 e. The van der Waals surface area contributed by atoms with E-state index in [4.69, 9.17) is 0 Å². The zero-order valence-electron chi connectivity index (χ0n) is 7.46. The molecule has 0 amide bonds. The Morgan fingerprint density at radius 3 is 2.71 bits per heavy atom. The summed E-state index contributed by atoms with van der Waals surface area (Å²) in [6.07, 6.45) is 3.63. The van der Waals surface area contributed by atoms with Crippen LogP contribution in [0.5, 0.6) is 0 Å². The highest BCUT2D eigenvalue weighted by Gasteiger charge is 2.41. The van der Waals surface area contributed by atoms with Gasteiger partial charge in [-0.25, -0.2) is 0 Å². The number of alkyl halides is 3. The Morgan fingerprint density at radius 2 is 2.00 bits per heavy atom. The van der Waals surface area contributed by atoms with Crippen LogP contribution in [-0.2, 0) is 0 Å². The van der Waals surface area contributed by atoms with E-state index in [1.165, 1.54) is 0 Å². The van der Waals surface area contributed by atoms with Crippen LogP contribution in [0.4, 0.5) is 13.2 Å². The van der Waals surface area contributed by atoms with Gasteiger partial charge in [-0.3, -0.25) is 4.99 Å². The van der Waals surface area contributed by atoms with Crippen LogP contribution < -0.4 is 0 Å². The normalized spacial score (nSPS) is 31.2. The van der Waals surface area contributed by atoms with E-state index in [1.807, 2.05) is 12.2 Å². The Labute approximate surface area is 80.0 Å². The lowest BCUT2D eigenvalue weighted by Crippen LogP contribution is -2.33. The average Bonchev–Trinajstić information content (AvgIpc) is 2.16. The van der Waals surface area contributed by atoms with Crippen molar-refractivity contribution in [3.05, 3.63) is 24.3 Å². The van der Waals surface area contributed by atoms with Crippen molar-refractivity contribution >= 4 is 5.71 Å². The van der Waals surface area contributed by atoms with Crippen LogP contribution in [0.25, 0.3) is 0 Å². The van der Waals surface area contributed by atoms with E-state index in [0.29, 0.717) is 12.1 Å². The fourth-order valence-electron chi connectivity index (χ4n) is 1.78. The van der Waals surface area contributed by atoms with E-state index in [0.717, 1.165) is 0 Å². The first kappa shape index (κ1) is 9.49. The molecule has 0 saturated heterocycles. The Balaban J connectivity index is 2.22. The van der Waals surface area contributed by atoms with Gasteiger partial charge in [0.05, 0.1) is 0 Å². The number of fused-ring (bicyclic) bond motifs is 1. The van der Waals surface area contributed by atoms with Gasteiger partial charge in [-0.2, -0.15) is 13.2 Å². The molecule has 4 heteroatoms. The predicted molar refractivity (Wildman–Crippen MR) is 48.3 cm³/mol. The molecule has 1 heterocycles. The second kappa shape index (κ2) is 3.26. The number of aliphatic imine (C=N–C) groups is 1. The smallest absolute Gasteiger partial charge is 0.276 e. The van der Waals surface area contributed by atoms with Crippen molar-refractivity contribution < 1.29 is 13.2 Å². The lowest BCUT2D eigenvalue weighted by Gasteiger charge is -2.27. The van der Waals surface area contributed by atoms with Gasteiger partial charge in [-0.05, 0) is 18.9 Å². The van der Waals surface area contributed by atoms with Gasteiger partial charge in [-0.15, -0.1) is 0 Å². The van der Waals surface area contributed by atoms with Crippen LogP contribution in [0.1, 0.15) is 12.8 Å². The molecule has 0 aromatic heterocycles. The van der Waals surface area contributed by atoms with Gasteiger partial charge in [0.25, 0.3) is 0 Å². The van der Waals surface area contributed by atoms with Gasteiger partial charge in [0, 0.05) is 11.6 Å². The molecule has 2 unspecified atom stereocenters. The van der Waals surface area contributed by atoms with Crippen LogP contribution >= 0.6 is 0 Å². The van der Waals surface area contributed by atoms with Gasteiger partial charge in [0.1, 0.15) is 6.04 Å². The highest BCUT2D eigenvalue weighted by Crippen LogP contribution is 2.33. The highest BCUT2D eigenvalue weighted by molar-refractivity contribution is 5.99. The van der Waals surface area contributed by atoms with Gasteiger partial charge in [0.15, 0.2) is 0 Å². The van der Waals surface area contributed by atoms with Gasteiger partial charge in [-0.1, -0.05) is 18.2 Å².